The molecule has 0 N–H and O–H groups in total. The van der Waals surface area contributed by atoms with Crippen LogP contribution in [-0.4, -0.2) is 4.92 Å². The third-order valence-corrected chi connectivity index (χ3v) is 3.77. The standard InChI is InChI=1S/C14H10BrClFNO3/c15-7-9-2-1-3-13(17)14(9)21-8-10-4-5-11(18(19)20)6-12(10)16/h1-6H,7-8H2. The number of ether oxygens (including phenoxy) is 1. The van der Waals surface area contributed by atoms with E-state index in [0.29, 0.717) is 16.5 Å². The highest BCUT2D eigenvalue weighted by Crippen LogP contribution is 2.28. The second-order valence-electron chi connectivity index (χ2n) is 4.18. The zero-order valence-electron chi connectivity index (χ0n) is 10.7. The highest BCUT2D eigenvalue weighted by molar-refractivity contribution is 9.08. The van der Waals surface area contributed by atoms with Gasteiger partial charge in [-0.15, -0.1) is 0 Å². The lowest BCUT2D eigenvalue weighted by molar-refractivity contribution is -0.384. The molecule has 0 saturated carbocycles. The Hall–Kier alpha value is -1.66. The van der Waals surface area contributed by atoms with Crippen LogP contribution >= 0.6 is 27.5 Å². The molecule has 0 spiro atoms. The number of halogens is 3. The van der Waals surface area contributed by atoms with Gasteiger partial charge in [-0.25, -0.2) is 4.39 Å². The largest absolute Gasteiger partial charge is 0.485 e. The molecule has 0 bridgehead atoms. The summed E-state index contributed by atoms with van der Waals surface area (Å²) in [5.41, 5.74) is 1.12. The fourth-order valence-electron chi connectivity index (χ4n) is 1.74. The van der Waals surface area contributed by atoms with Crippen LogP contribution in [-0.2, 0) is 11.9 Å². The number of nitro benzene ring substituents is 1. The maximum absolute atomic E-state index is 13.7. The Labute approximate surface area is 133 Å². The van der Waals surface area contributed by atoms with Crippen LogP contribution in [0, 0.1) is 15.9 Å². The molecule has 0 atom stereocenters. The topological polar surface area (TPSA) is 52.4 Å². The Morgan fingerprint density at radius 2 is 2.05 bits per heavy atom. The molecule has 0 aromatic heterocycles. The average molecular weight is 375 g/mol. The van der Waals surface area contributed by atoms with Crippen molar-refractivity contribution in [3.8, 4) is 5.75 Å². The molecule has 0 unspecified atom stereocenters. The summed E-state index contributed by atoms with van der Waals surface area (Å²) in [7, 11) is 0. The molecule has 4 nitrogen and oxygen atoms in total. The first kappa shape index (κ1) is 15.7. The molecule has 2 aromatic carbocycles. The van der Waals surface area contributed by atoms with Crippen LogP contribution < -0.4 is 4.74 Å². The second-order valence-corrected chi connectivity index (χ2v) is 5.15. The smallest absolute Gasteiger partial charge is 0.270 e. The summed E-state index contributed by atoms with van der Waals surface area (Å²) in [6.45, 7) is 0.0256. The summed E-state index contributed by atoms with van der Waals surface area (Å²) in [6, 6.07) is 8.71. The molecule has 0 fully saturated rings. The van der Waals surface area contributed by atoms with Gasteiger partial charge in [0.05, 0.1) is 9.95 Å². The van der Waals surface area contributed by atoms with E-state index in [-0.39, 0.29) is 23.1 Å². The number of hydrogen-bond donors (Lipinski definition) is 0. The van der Waals surface area contributed by atoms with Gasteiger partial charge < -0.3 is 4.74 Å². The van der Waals surface area contributed by atoms with E-state index in [1.807, 2.05) is 0 Å². The van der Waals surface area contributed by atoms with Crippen molar-refractivity contribution in [1.29, 1.82) is 0 Å². The Kier molecular flexibility index (Phi) is 5.14. The van der Waals surface area contributed by atoms with Crippen LogP contribution in [0.15, 0.2) is 36.4 Å². The minimum atomic E-state index is -0.531. The predicted molar refractivity (Wildman–Crippen MR) is 81.5 cm³/mol. The highest BCUT2D eigenvalue weighted by Gasteiger charge is 2.12. The summed E-state index contributed by atoms with van der Waals surface area (Å²) in [5, 5.41) is 11.3. The van der Waals surface area contributed by atoms with Gasteiger partial charge in [0.1, 0.15) is 6.61 Å². The summed E-state index contributed by atoms with van der Waals surface area (Å²) < 4.78 is 19.2. The number of rotatable bonds is 5. The number of nitro groups is 1. The molecular formula is C14H10BrClFNO3. The van der Waals surface area contributed by atoms with Crippen LogP contribution in [0.5, 0.6) is 5.75 Å². The van der Waals surface area contributed by atoms with Gasteiger partial charge in [-0.2, -0.15) is 0 Å². The number of hydrogen-bond acceptors (Lipinski definition) is 3. The molecule has 0 amide bonds. The number of non-ortho nitro benzene ring substituents is 1. The van der Waals surface area contributed by atoms with E-state index < -0.39 is 10.7 Å². The van der Waals surface area contributed by atoms with Crippen LogP contribution in [0.2, 0.25) is 5.02 Å². The van der Waals surface area contributed by atoms with Gasteiger partial charge >= 0.3 is 0 Å². The van der Waals surface area contributed by atoms with E-state index >= 15 is 0 Å². The van der Waals surface area contributed by atoms with Crippen LogP contribution in [0.25, 0.3) is 0 Å². The van der Waals surface area contributed by atoms with Gasteiger partial charge in [-0.05, 0) is 12.1 Å². The number of nitrogens with zero attached hydrogens (tertiary/aromatic N) is 1. The molecule has 0 saturated heterocycles. The van der Waals surface area contributed by atoms with Crippen molar-refractivity contribution in [3.05, 3.63) is 68.5 Å². The minimum absolute atomic E-state index is 0.0256. The van der Waals surface area contributed by atoms with Gasteiger partial charge in [-0.1, -0.05) is 39.7 Å². The third-order valence-electron chi connectivity index (χ3n) is 2.81. The molecule has 0 aliphatic heterocycles. The zero-order chi connectivity index (χ0) is 15.4. The normalized spacial score (nSPS) is 10.4. The van der Waals surface area contributed by atoms with E-state index in [2.05, 4.69) is 15.9 Å². The van der Waals surface area contributed by atoms with Crippen molar-refractivity contribution >= 4 is 33.2 Å². The number of para-hydroxylation sites is 1. The first-order valence-corrected chi connectivity index (χ1v) is 7.42. The minimum Gasteiger partial charge on any atom is -0.485 e. The fourth-order valence-corrected chi connectivity index (χ4v) is 2.41. The molecule has 0 aliphatic rings. The highest BCUT2D eigenvalue weighted by atomic mass is 79.9. The monoisotopic (exact) mass is 373 g/mol. The van der Waals surface area contributed by atoms with E-state index in [1.54, 1.807) is 12.1 Å². The lowest BCUT2D eigenvalue weighted by atomic mass is 10.2. The summed E-state index contributed by atoms with van der Waals surface area (Å²) in [4.78, 5) is 10.1. The number of benzene rings is 2. The number of alkyl halides is 1. The molecule has 2 aromatic rings. The van der Waals surface area contributed by atoms with E-state index in [1.165, 1.54) is 24.3 Å². The summed E-state index contributed by atoms with van der Waals surface area (Å²) in [6.07, 6.45) is 0. The summed E-state index contributed by atoms with van der Waals surface area (Å²) in [5.74, 6) is -0.325. The Morgan fingerprint density at radius 3 is 2.67 bits per heavy atom. The van der Waals surface area contributed by atoms with E-state index in [9.17, 15) is 14.5 Å². The van der Waals surface area contributed by atoms with Crippen molar-refractivity contribution in [2.24, 2.45) is 0 Å². The van der Waals surface area contributed by atoms with Crippen molar-refractivity contribution in [1.82, 2.24) is 0 Å². The maximum atomic E-state index is 13.7. The Balaban J connectivity index is 2.19. The SMILES string of the molecule is O=[N+]([O-])c1ccc(COc2c(F)cccc2CBr)c(Cl)c1. The third kappa shape index (κ3) is 3.71. The molecule has 110 valence electrons. The summed E-state index contributed by atoms with van der Waals surface area (Å²) >= 11 is 9.23. The van der Waals surface area contributed by atoms with Gasteiger partial charge in [0, 0.05) is 28.6 Å². The van der Waals surface area contributed by atoms with Crippen LogP contribution in [0.3, 0.4) is 0 Å². The van der Waals surface area contributed by atoms with Crippen molar-refractivity contribution in [2.45, 2.75) is 11.9 Å². The maximum Gasteiger partial charge on any atom is 0.270 e. The first-order valence-electron chi connectivity index (χ1n) is 5.92. The first-order chi connectivity index (χ1) is 10.0. The zero-order valence-corrected chi connectivity index (χ0v) is 13.0. The van der Waals surface area contributed by atoms with Gasteiger partial charge in [-0.3, -0.25) is 10.1 Å². The molecule has 21 heavy (non-hydrogen) atoms. The molecule has 0 heterocycles. The second kappa shape index (κ2) is 6.87. The van der Waals surface area contributed by atoms with E-state index in [0.717, 1.165) is 0 Å². The van der Waals surface area contributed by atoms with Crippen LogP contribution in [0.1, 0.15) is 11.1 Å². The lowest BCUT2D eigenvalue weighted by Crippen LogP contribution is -2.01. The molecule has 0 radical (unpaired) electrons. The average Bonchev–Trinajstić information content (AvgIpc) is 2.46. The van der Waals surface area contributed by atoms with Crippen molar-refractivity contribution < 1.29 is 14.1 Å². The van der Waals surface area contributed by atoms with Gasteiger partial charge in [0.15, 0.2) is 11.6 Å². The van der Waals surface area contributed by atoms with Gasteiger partial charge in [0.25, 0.3) is 5.69 Å². The molecule has 0 aliphatic carbocycles. The van der Waals surface area contributed by atoms with Crippen LogP contribution in [0.4, 0.5) is 10.1 Å². The predicted octanol–water partition coefficient (Wildman–Crippen LogP) is 4.86. The molecule has 7 heteroatoms. The quantitative estimate of drug-likeness (QED) is 0.426. The lowest BCUT2D eigenvalue weighted by Gasteiger charge is -2.11. The molecule has 2 rings (SSSR count). The fraction of sp³-hybridized carbons (Fsp3) is 0.143. The Bertz CT molecular complexity index is 681. The van der Waals surface area contributed by atoms with Crippen molar-refractivity contribution in [2.75, 3.05) is 0 Å². The van der Waals surface area contributed by atoms with E-state index in [4.69, 9.17) is 16.3 Å². The Morgan fingerprint density at radius 1 is 1.29 bits per heavy atom. The van der Waals surface area contributed by atoms with Gasteiger partial charge in [0.2, 0.25) is 0 Å². The van der Waals surface area contributed by atoms with Crippen molar-refractivity contribution in [3.63, 3.8) is 0 Å². The molecular weight excluding hydrogens is 365 g/mol.